The van der Waals surface area contributed by atoms with Crippen molar-refractivity contribution in [1.29, 1.82) is 0 Å². The topological polar surface area (TPSA) is 92.3 Å². The molecule has 0 unspecified atom stereocenters. The summed E-state index contributed by atoms with van der Waals surface area (Å²) in [6, 6.07) is 0. The molecule has 7 nitrogen and oxygen atoms in total. The van der Waals surface area contributed by atoms with Crippen molar-refractivity contribution >= 4 is 17.4 Å². The van der Waals surface area contributed by atoms with Gasteiger partial charge in [-0.25, -0.2) is 9.97 Å². The Hall–Kier alpha value is -1.76. The standard InChI is InChI=1S/C8H10ClN7/c1-2-5-7(9)11-4-12-8(5)10-3-6-13-15-16-14-6/h4H,2-3H2,1H3,(H,10,11,12)(H,13,14,15,16). The summed E-state index contributed by atoms with van der Waals surface area (Å²) in [5.74, 6) is 1.27. The van der Waals surface area contributed by atoms with Gasteiger partial charge >= 0.3 is 0 Å². The van der Waals surface area contributed by atoms with Crippen LogP contribution >= 0.6 is 11.6 Å². The molecule has 16 heavy (non-hydrogen) atoms. The predicted octanol–water partition coefficient (Wildman–Crippen LogP) is 0.818. The third-order valence-electron chi connectivity index (χ3n) is 2.05. The molecule has 0 aromatic carbocycles. The van der Waals surface area contributed by atoms with Crippen molar-refractivity contribution in [2.45, 2.75) is 19.9 Å². The Bertz CT molecular complexity index is 455. The molecule has 0 radical (unpaired) electrons. The lowest BCUT2D eigenvalue weighted by molar-refractivity contribution is 0.881. The zero-order chi connectivity index (χ0) is 11.4. The number of rotatable bonds is 4. The lowest BCUT2D eigenvalue weighted by Gasteiger charge is -2.08. The zero-order valence-corrected chi connectivity index (χ0v) is 9.36. The third-order valence-corrected chi connectivity index (χ3v) is 2.38. The normalized spacial score (nSPS) is 10.4. The van der Waals surface area contributed by atoms with Crippen LogP contribution < -0.4 is 5.32 Å². The first-order valence-corrected chi connectivity index (χ1v) is 5.14. The summed E-state index contributed by atoms with van der Waals surface area (Å²) in [6.07, 6.45) is 2.17. The molecule has 2 N–H and O–H groups in total. The van der Waals surface area contributed by atoms with Crippen LogP contribution in [0.4, 0.5) is 5.82 Å². The van der Waals surface area contributed by atoms with Gasteiger partial charge in [0.25, 0.3) is 0 Å². The van der Waals surface area contributed by atoms with Crippen molar-refractivity contribution in [3.8, 4) is 0 Å². The maximum absolute atomic E-state index is 5.95. The molecule has 2 aromatic heterocycles. The summed E-state index contributed by atoms with van der Waals surface area (Å²) in [6.45, 7) is 2.43. The minimum Gasteiger partial charge on any atom is -0.362 e. The van der Waals surface area contributed by atoms with Crippen molar-refractivity contribution < 1.29 is 0 Å². The van der Waals surface area contributed by atoms with Crippen LogP contribution in [0.3, 0.4) is 0 Å². The molecular weight excluding hydrogens is 230 g/mol. The minimum absolute atomic E-state index is 0.441. The van der Waals surface area contributed by atoms with E-state index >= 15 is 0 Å². The number of tetrazole rings is 1. The number of anilines is 1. The number of hydrogen-bond acceptors (Lipinski definition) is 6. The van der Waals surface area contributed by atoms with Crippen LogP contribution in [-0.2, 0) is 13.0 Å². The lowest BCUT2D eigenvalue weighted by atomic mass is 10.2. The quantitative estimate of drug-likeness (QED) is 0.768. The average Bonchev–Trinajstić information content (AvgIpc) is 2.79. The van der Waals surface area contributed by atoms with Gasteiger partial charge in [-0.2, -0.15) is 5.21 Å². The van der Waals surface area contributed by atoms with Gasteiger partial charge in [0, 0.05) is 5.56 Å². The molecule has 0 bridgehead atoms. The van der Waals surface area contributed by atoms with Crippen LogP contribution in [0, 0.1) is 0 Å². The molecule has 2 heterocycles. The fraction of sp³-hybridized carbons (Fsp3) is 0.375. The molecule has 2 rings (SSSR count). The highest BCUT2D eigenvalue weighted by Gasteiger charge is 2.08. The molecule has 0 spiro atoms. The van der Waals surface area contributed by atoms with Gasteiger partial charge in [-0.05, 0) is 6.42 Å². The van der Waals surface area contributed by atoms with E-state index in [9.17, 15) is 0 Å². The number of nitrogens with one attached hydrogen (secondary N) is 2. The fourth-order valence-electron chi connectivity index (χ4n) is 1.28. The molecule has 0 aliphatic carbocycles. The summed E-state index contributed by atoms with van der Waals surface area (Å²) in [5.41, 5.74) is 0.882. The molecule has 0 saturated carbocycles. The predicted molar refractivity (Wildman–Crippen MR) is 57.9 cm³/mol. The molecule has 0 atom stereocenters. The first-order chi connectivity index (χ1) is 7.81. The molecule has 0 amide bonds. The van der Waals surface area contributed by atoms with Gasteiger partial charge in [0.05, 0.1) is 6.54 Å². The molecule has 0 saturated heterocycles. The molecule has 84 valence electrons. The maximum Gasteiger partial charge on any atom is 0.193 e. The zero-order valence-electron chi connectivity index (χ0n) is 8.61. The van der Waals surface area contributed by atoms with Crippen LogP contribution in [0.5, 0.6) is 0 Å². The van der Waals surface area contributed by atoms with E-state index in [1.54, 1.807) is 0 Å². The van der Waals surface area contributed by atoms with Crippen LogP contribution in [0.1, 0.15) is 18.3 Å². The van der Waals surface area contributed by atoms with Gasteiger partial charge in [-0.15, -0.1) is 10.2 Å². The summed E-state index contributed by atoms with van der Waals surface area (Å²) >= 11 is 5.95. The van der Waals surface area contributed by atoms with Crippen molar-refractivity contribution in [2.75, 3.05) is 5.32 Å². The van der Waals surface area contributed by atoms with E-state index in [0.717, 1.165) is 12.0 Å². The molecular formula is C8H10ClN7. The lowest BCUT2D eigenvalue weighted by Crippen LogP contribution is -2.06. The summed E-state index contributed by atoms with van der Waals surface area (Å²) in [5, 5.41) is 17.0. The van der Waals surface area contributed by atoms with Crippen LogP contribution in [-0.4, -0.2) is 30.6 Å². The number of aromatic amines is 1. The Labute approximate surface area is 96.6 Å². The monoisotopic (exact) mass is 239 g/mol. The van der Waals surface area contributed by atoms with Crippen molar-refractivity contribution in [3.05, 3.63) is 22.9 Å². The van der Waals surface area contributed by atoms with Crippen LogP contribution in [0.15, 0.2) is 6.33 Å². The second-order valence-corrected chi connectivity index (χ2v) is 3.38. The van der Waals surface area contributed by atoms with Gasteiger partial charge in [0.2, 0.25) is 0 Å². The Morgan fingerprint density at radius 2 is 2.31 bits per heavy atom. The first kappa shape index (κ1) is 10.7. The summed E-state index contributed by atoms with van der Waals surface area (Å²) < 4.78 is 0. The van der Waals surface area contributed by atoms with Crippen molar-refractivity contribution in [2.24, 2.45) is 0 Å². The minimum atomic E-state index is 0.441. The SMILES string of the molecule is CCc1c(Cl)ncnc1NCc1nn[nH]n1. The van der Waals surface area contributed by atoms with E-state index in [1.165, 1.54) is 6.33 Å². The van der Waals surface area contributed by atoms with Gasteiger partial charge in [-0.3, -0.25) is 0 Å². The van der Waals surface area contributed by atoms with Crippen molar-refractivity contribution in [1.82, 2.24) is 30.6 Å². The van der Waals surface area contributed by atoms with Gasteiger partial charge in [0.15, 0.2) is 5.82 Å². The molecule has 0 aliphatic heterocycles. The van der Waals surface area contributed by atoms with E-state index in [0.29, 0.717) is 23.3 Å². The van der Waals surface area contributed by atoms with E-state index in [4.69, 9.17) is 11.6 Å². The Morgan fingerprint density at radius 1 is 1.44 bits per heavy atom. The Morgan fingerprint density at radius 3 is 3.00 bits per heavy atom. The highest BCUT2D eigenvalue weighted by Crippen LogP contribution is 2.20. The largest absolute Gasteiger partial charge is 0.362 e. The maximum atomic E-state index is 5.95. The first-order valence-electron chi connectivity index (χ1n) is 4.76. The molecule has 8 heteroatoms. The third kappa shape index (κ3) is 2.25. The highest BCUT2D eigenvalue weighted by molar-refractivity contribution is 6.30. The smallest absolute Gasteiger partial charge is 0.193 e. The van der Waals surface area contributed by atoms with Crippen molar-refractivity contribution in [3.63, 3.8) is 0 Å². The van der Waals surface area contributed by atoms with Crippen LogP contribution in [0.2, 0.25) is 5.15 Å². The number of nitrogens with zero attached hydrogens (tertiary/aromatic N) is 5. The van der Waals surface area contributed by atoms with E-state index in [1.807, 2.05) is 6.92 Å². The number of H-pyrrole nitrogens is 1. The Balaban J connectivity index is 2.12. The number of aromatic nitrogens is 6. The second kappa shape index (κ2) is 4.84. The van der Waals surface area contributed by atoms with Gasteiger partial charge in [-0.1, -0.05) is 23.7 Å². The fourth-order valence-corrected chi connectivity index (χ4v) is 1.54. The van der Waals surface area contributed by atoms with E-state index < -0.39 is 0 Å². The number of hydrogen-bond donors (Lipinski definition) is 2. The summed E-state index contributed by atoms with van der Waals surface area (Å²) in [7, 11) is 0. The molecule has 0 aliphatic rings. The highest BCUT2D eigenvalue weighted by atomic mass is 35.5. The van der Waals surface area contributed by atoms with Crippen LogP contribution in [0.25, 0.3) is 0 Å². The Kier molecular flexibility index (Phi) is 3.25. The average molecular weight is 240 g/mol. The van der Waals surface area contributed by atoms with E-state index in [-0.39, 0.29) is 0 Å². The van der Waals surface area contributed by atoms with Gasteiger partial charge < -0.3 is 5.32 Å². The van der Waals surface area contributed by atoms with Gasteiger partial charge in [0.1, 0.15) is 17.3 Å². The second-order valence-electron chi connectivity index (χ2n) is 3.03. The summed E-state index contributed by atoms with van der Waals surface area (Å²) in [4.78, 5) is 8.04. The van der Waals surface area contributed by atoms with E-state index in [2.05, 4.69) is 35.9 Å². The number of halogens is 1. The molecule has 0 fully saturated rings. The molecule has 2 aromatic rings.